The minimum atomic E-state index is -2.72. The van der Waals surface area contributed by atoms with E-state index in [1.807, 2.05) is 0 Å². The molecule has 1 aliphatic carbocycles. The summed E-state index contributed by atoms with van der Waals surface area (Å²) in [6.45, 7) is 5.39. The summed E-state index contributed by atoms with van der Waals surface area (Å²) in [5.74, 6) is -3.86. The molecule has 1 fully saturated rings. The Balaban J connectivity index is 2.14. The van der Waals surface area contributed by atoms with Crippen LogP contribution in [-0.2, 0) is 16.1 Å². The number of anilines is 3. The van der Waals surface area contributed by atoms with Crippen LogP contribution in [0, 0.1) is 5.92 Å². The zero-order valence-electron chi connectivity index (χ0n) is 21.7. The number of ether oxygens (including phenoxy) is 1. The number of benzene rings is 1. The molecule has 4 N–H and O–H groups in total. The van der Waals surface area contributed by atoms with Crippen LogP contribution < -0.4 is 16.0 Å². The van der Waals surface area contributed by atoms with Crippen molar-refractivity contribution in [2.24, 2.45) is 5.92 Å². The van der Waals surface area contributed by atoms with E-state index in [1.165, 1.54) is 0 Å². The van der Waals surface area contributed by atoms with Crippen LogP contribution in [-0.4, -0.2) is 53.3 Å². The van der Waals surface area contributed by atoms with Crippen LogP contribution in [0.5, 0.6) is 0 Å². The number of pyridine rings is 1. The van der Waals surface area contributed by atoms with Crippen molar-refractivity contribution >= 4 is 45.9 Å². The van der Waals surface area contributed by atoms with E-state index >= 15 is 0 Å². The van der Waals surface area contributed by atoms with Gasteiger partial charge in [0.15, 0.2) is 6.10 Å². The number of carboxylic acids is 1. The number of aliphatic carboxylic acids is 1. The maximum atomic E-state index is 14.0. The van der Waals surface area contributed by atoms with Crippen LogP contribution in [0.1, 0.15) is 38.9 Å². The van der Waals surface area contributed by atoms with E-state index in [9.17, 15) is 18.7 Å². The van der Waals surface area contributed by atoms with Gasteiger partial charge in [-0.2, -0.15) is 0 Å². The molecule has 0 spiro atoms. The Morgan fingerprint density at radius 2 is 1.84 bits per heavy atom. The predicted molar refractivity (Wildman–Crippen MR) is 143 cm³/mol. The molecule has 0 radical (unpaired) electrons. The van der Waals surface area contributed by atoms with Crippen molar-refractivity contribution in [1.29, 1.82) is 0 Å². The summed E-state index contributed by atoms with van der Waals surface area (Å²) in [7, 11) is 5.07. The monoisotopic (exact) mass is 535 g/mol. The van der Waals surface area contributed by atoms with Crippen LogP contribution in [0.15, 0.2) is 24.3 Å². The largest absolute Gasteiger partial charge is 0.479 e. The molecule has 2 heterocycles. The summed E-state index contributed by atoms with van der Waals surface area (Å²) >= 11 is 6.18. The molecule has 3 aromatic rings. The van der Waals surface area contributed by atoms with Gasteiger partial charge in [-0.3, -0.25) is 0 Å². The molecule has 2 aromatic heterocycles. The minimum Gasteiger partial charge on any atom is -0.479 e. The standard InChI is InChI=1S/C26H32ClF2N5O3/c1-25(2,3)37-20(24(35)36)18-16(13-7-9-15(27)10-8-13)17-19(30-4)23(32-6)34(12-14-11-26(14,28)29)22(17)33-21(18)31-5/h7-10,14,20,30,32H,11-12H2,1-6H3,(H,31,33)(H,35,36)/t14?,20-/m0/s1. The average molecular weight is 536 g/mol. The number of rotatable bonds is 9. The molecule has 1 unspecified atom stereocenters. The lowest BCUT2D eigenvalue weighted by atomic mass is 9.93. The Morgan fingerprint density at radius 3 is 2.30 bits per heavy atom. The van der Waals surface area contributed by atoms with Gasteiger partial charge < -0.3 is 30.4 Å². The predicted octanol–water partition coefficient (Wildman–Crippen LogP) is 6.08. The van der Waals surface area contributed by atoms with Crippen molar-refractivity contribution in [3.8, 4) is 11.1 Å². The van der Waals surface area contributed by atoms with E-state index in [2.05, 4.69) is 16.0 Å². The van der Waals surface area contributed by atoms with Gasteiger partial charge in [0, 0.05) is 56.2 Å². The molecule has 8 nitrogen and oxygen atoms in total. The van der Waals surface area contributed by atoms with Crippen molar-refractivity contribution in [3.63, 3.8) is 0 Å². The highest BCUT2D eigenvalue weighted by molar-refractivity contribution is 6.30. The number of hydrogen-bond acceptors (Lipinski definition) is 6. The van der Waals surface area contributed by atoms with E-state index in [1.54, 1.807) is 70.7 Å². The van der Waals surface area contributed by atoms with E-state index in [0.29, 0.717) is 44.3 Å². The van der Waals surface area contributed by atoms with Crippen LogP contribution in [0.4, 0.5) is 26.1 Å². The van der Waals surface area contributed by atoms with Gasteiger partial charge in [0.05, 0.1) is 16.7 Å². The zero-order valence-corrected chi connectivity index (χ0v) is 22.4. The highest BCUT2D eigenvalue weighted by Crippen LogP contribution is 2.52. The normalized spacial score (nSPS) is 17.5. The highest BCUT2D eigenvalue weighted by atomic mass is 35.5. The van der Waals surface area contributed by atoms with E-state index < -0.39 is 29.5 Å². The number of aromatic nitrogens is 2. The Kier molecular flexibility index (Phi) is 7.02. The van der Waals surface area contributed by atoms with Crippen LogP contribution in [0.25, 0.3) is 22.2 Å². The van der Waals surface area contributed by atoms with Crippen molar-refractivity contribution in [1.82, 2.24) is 9.55 Å². The molecule has 0 saturated heterocycles. The maximum absolute atomic E-state index is 14.0. The number of carboxylic acid groups (broad SMARTS) is 1. The summed E-state index contributed by atoms with van der Waals surface area (Å²) < 4.78 is 35.7. The number of fused-ring (bicyclic) bond motifs is 1. The number of carbonyl (C=O) groups is 1. The Bertz CT molecular complexity index is 1340. The zero-order chi connectivity index (χ0) is 27.3. The molecular formula is C26H32ClF2N5O3. The first kappa shape index (κ1) is 26.9. The summed E-state index contributed by atoms with van der Waals surface area (Å²) in [5, 5.41) is 20.7. The number of nitrogens with zero attached hydrogens (tertiary/aromatic N) is 2. The van der Waals surface area contributed by atoms with Gasteiger partial charge in [-0.05, 0) is 38.5 Å². The number of hydrogen-bond donors (Lipinski definition) is 4. The molecule has 1 aromatic carbocycles. The SMILES string of the molecule is CNc1nc2c(c(NC)c(NC)n2CC2CC2(F)F)c(-c2ccc(Cl)cc2)c1[C@H](OC(C)(C)C)C(=O)O. The van der Waals surface area contributed by atoms with Crippen LogP contribution >= 0.6 is 11.6 Å². The van der Waals surface area contributed by atoms with Gasteiger partial charge in [0.2, 0.25) is 0 Å². The van der Waals surface area contributed by atoms with Crippen molar-refractivity contribution in [2.45, 2.75) is 51.4 Å². The molecule has 0 bridgehead atoms. The Hall–Kier alpha value is -3.11. The van der Waals surface area contributed by atoms with Gasteiger partial charge >= 0.3 is 5.97 Å². The fraction of sp³-hybridized carbons (Fsp3) is 0.462. The molecule has 200 valence electrons. The third-order valence-corrected chi connectivity index (χ3v) is 6.65. The third kappa shape index (κ3) is 5.04. The fourth-order valence-corrected chi connectivity index (χ4v) is 4.82. The summed E-state index contributed by atoms with van der Waals surface area (Å²) in [6, 6.07) is 7.01. The van der Waals surface area contributed by atoms with Gasteiger partial charge in [0.1, 0.15) is 17.3 Å². The molecule has 4 rings (SSSR count). The minimum absolute atomic E-state index is 0.0533. The summed E-state index contributed by atoms with van der Waals surface area (Å²) in [6.07, 6.45) is -1.56. The first-order valence-corrected chi connectivity index (χ1v) is 12.4. The van der Waals surface area contributed by atoms with Crippen molar-refractivity contribution in [3.05, 3.63) is 34.9 Å². The smallest absolute Gasteiger partial charge is 0.337 e. The molecule has 1 saturated carbocycles. The first-order valence-electron chi connectivity index (χ1n) is 12.0. The molecule has 1 aliphatic rings. The van der Waals surface area contributed by atoms with Gasteiger partial charge in [-0.1, -0.05) is 23.7 Å². The quantitative estimate of drug-likeness (QED) is 0.263. The van der Waals surface area contributed by atoms with Crippen molar-refractivity contribution < 1.29 is 23.4 Å². The van der Waals surface area contributed by atoms with E-state index in [4.69, 9.17) is 21.3 Å². The molecular weight excluding hydrogens is 504 g/mol. The topological polar surface area (TPSA) is 100 Å². The second-order valence-corrected chi connectivity index (χ2v) is 10.6. The van der Waals surface area contributed by atoms with Gasteiger partial charge in [-0.25, -0.2) is 18.6 Å². The average Bonchev–Trinajstić information content (AvgIpc) is 3.31. The molecule has 37 heavy (non-hydrogen) atoms. The van der Waals surface area contributed by atoms with E-state index in [0.717, 1.165) is 0 Å². The molecule has 0 aliphatic heterocycles. The third-order valence-electron chi connectivity index (χ3n) is 6.40. The summed E-state index contributed by atoms with van der Waals surface area (Å²) in [4.78, 5) is 17.4. The lowest BCUT2D eigenvalue weighted by Gasteiger charge is -2.28. The van der Waals surface area contributed by atoms with Crippen LogP contribution in [0.3, 0.4) is 0 Å². The van der Waals surface area contributed by atoms with Crippen molar-refractivity contribution in [2.75, 3.05) is 37.1 Å². The number of halogens is 3. The second kappa shape index (κ2) is 9.64. The van der Waals surface area contributed by atoms with Crippen LogP contribution in [0.2, 0.25) is 5.02 Å². The Labute approximate surface area is 219 Å². The number of alkyl halides is 2. The maximum Gasteiger partial charge on any atom is 0.337 e. The lowest BCUT2D eigenvalue weighted by molar-refractivity contribution is -0.160. The highest BCUT2D eigenvalue weighted by Gasteiger charge is 2.57. The van der Waals surface area contributed by atoms with Gasteiger partial charge in [-0.15, -0.1) is 0 Å². The van der Waals surface area contributed by atoms with Gasteiger partial charge in [0.25, 0.3) is 5.92 Å². The second-order valence-electron chi connectivity index (χ2n) is 10.1. The number of nitrogens with one attached hydrogen (secondary N) is 3. The lowest BCUT2D eigenvalue weighted by Crippen LogP contribution is -2.28. The molecule has 2 atom stereocenters. The molecule has 0 amide bonds. The fourth-order valence-electron chi connectivity index (χ4n) is 4.70. The molecule has 11 heteroatoms. The first-order chi connectivity index (χ1) is 17.3. The van der Waals surface area contributed by atoms with E-state index in [-0.39, 0.29) is 18.8 Å². The summed E-state index contributed by atoms with van der Waals surface area (Å²) in [5.41, 5.74) is 1.83. The Morgan fingerprint density at radius 1 is 1.22 bits per heavy atom.